The number of hydrogen-bond acceptors (Lipinski definition) is 24. The summed E-state index contributed by atoms with van der Waals surface area (Å²) in [5, 5.41) is 39.6. The standard InChI is InChI=1S/C74H122N10O22S/c1-13-15-25-76-68(90)56(78-62(86)20-18-27-84-64(88)23-24-65(84)89)19-16-17-26-75-63(87)48-105-41-40-103-37-36-101-33-32-99-29-28-98-30-31-100-34-35-102-38-39-104-42-43-106-74(96)80-57-46-54(21-22-60(57)85)45-55(44-53(8)73(94)95)77-69(91)58-49-107-71(79-58)61(97-12)47-59(50(3)4)83(11)72(93)66(52(7)14-2)81-70(92)67(51(5)6)82(9)10/h21-24,46,49-53,55-56,59,61,66-67,85H,13-20,25-45,47-48H2,1-12H3,(H,75,87)(H,76,90)(H,77,91)(H,78,86)(H,80,96)(H,81,92)(H,94,95)/t52-,53-,55+,56-,59+,61+,66-,67-/m0/s1. The van der Waals surface area contributed by atoms with Gasteiger partial charge in [-0.2, -0.15) is 0 Å². The smallest absolute Gasteiger partial charge is 0.411 e. The number of benzene rings is 1. The van der Waals surface area contributed by atoms with Crippen LogP contribution >= 0.6 is 11.3 Å². The summed E-state index contributed by atoms with van der Waals surface area (Å²) in [5.41, 5.74) is 0.685. The average Bonchev–Trinajstić information content (AvgIpc) is 1.73. The summed E-state index contributed by atoms with van der Waals surface area (Å²) in [6.07, 6.45) is 5.61. The van der Waals surface area contributed by atoms with Crippen molar-refractivity contribution in [3.63, 3.8) is 0 Å². The Morgan fingerprint density at radius 2 is 1.21 bits per heavy atom. The fourth-order valence-corrected chi connectivity index (χ4v) is 12.2. The van der Waals surface area contributed by atoms with E-state index >= 15 is 0 Å². The van der Waals surface area contributed by atoms with Gasteiger partial charge >= 0.3 is 12.1 Å². The molecule has 2 heterocycles. The number of aromatic nitrogens is 1. The van der Waals surface area contributed by atoms with Crippen molar-refractivity contribution in [1.29, 1.82) is 0 Å². The lowest BCUT2D eigenvalue weighted by atomic mass is 9.92. The number of carbonyl (C=O) groups is 10. The van der Waals surface area contributed by atoms with Crippen LogP contribution in [0.4, 0.5) is 10.5 Å². The number of carboxylic acids is 1. The van der Waals surface area contributed by atoms with Gasteiger partial charge in [0, 0.05) is 76.2 Å². The molecule has 0 radical (unpaired) electrons. The first-order valence-corrected chi connectivity index (χ1v) is 38.1. The van der Waals surface area contributed by atoms with Crippen molar-refractivity contribution in [2.75, 3.05) is 166 Å². The predicted molar refractivity (Wildman–Crippen MR) is 399 cm³/mol. The molecule has 1 aromatic heterocycles. The Kier molecular flexibility index (Phi) is 47.7. The zero-order valence-electron chi connectivity index (χ0n) is 64.9. The number of phenols is 1. The van der Waals surface area contributed by atoms with Crippen LogP contribution in [0.2, 0.25) is 0 Å². The van der Waals surface area contributed by atoms with Gasteiger partial charge in [-0.3, -0.25) is 58.3 Å². The number of hydrogen-bond donors (Lipinski definition) is 8. The number of likely N-dealkylation sites (N-methyl/N-ethyl adjacent to an activating group) is 2. The van der Waals surface area contributed by atoms with E-state index in [1.807, 2.05) is 67.5 Å². The molecule has 32 nitrogen and oxygen atoms in total. The van der Waals surface area contributed by atoms with Gasteiger partial charge in [-0.25, -0.2) is 9.78 Å². The van der Waals surface area contributed by atoms with Crippen molar-refractivity contribution in [1.82, 2.24) is 46.3 Å². The Balaban J connectivity index is 1.22. The van der Waals surface area contributed by atoms with Gasteiger partial charge in [0.2, 0.25) is 29.5 Å². The zero-order chi connectivity index (χ0) is 79.1. The first-order chi connectivity index (χ1) is 51.2. The van der Waals surface area contributed by atoms with Crippen LogP contribution in [0.25, 0.3) is 0 Å². The van der Waals surface area contributed by atoms with Gasteiger partial charge < -0.3 is 89.1 Å². The minimum Gasteiger partial charge on any atom is -0.506 e. The molecular formula is C74H122N10O22S. The second kappa shape index (κ2) is 54.3. The molecule has 9 amide bonds. The van der Waals surface area contributed by atoms with Gasteiger partial charge in [0.1, 0.15) is 47.9 Å². The van der Waals surface area contributed by atoms with E-state index in [1.54, 1.807) is 23.4 Å². The van der Waals surface area contributed by atoms with Gasteiger partial charge in [-0.05, 0) is 94.5 Å². The van der Waals surface area contributed by atoms with E-state index in [0.29, 0.717) is 122 Å². The number of anilines is 1. The van der Waals surface area contributed by atoms with Gasteiger partial charge in [-0.1, -0.05) is 74.3 Å². The molecule has 2 aromatic rings. The minimum absolute atomic E-state index is 0.0143. The fourth-order valence-electron chi connectivity index (χ4n) is 11.3. The van der Waals surface area contributed by atoms with Crippen LogP contribution in [-0.2, 0) is 92.1 Å². The first-order valence-electron chi connectivity index (χ1n) is 37.2. The summed E-state index contributed by atoms with van der Waals surface area (Å²) < 4.78 is 55.3. The van der Waals surface area contributed by atoms with Crippen LogP contribution in [0.1, 0.15) is 147 Å². The number of amides is 9. The molecule has 606 valence electrons. The molecule has 0 aliphatic carbocycles. The van der Waals surface area contributed by atoms with Crippen molar-refractivity contribution in [3.05, 3.63) is 52.0 Å². The summed E-state index contributed by atoms with van der Waals surface area (Å²) in [4.78, 5) is 137. The van der Waals surface area contributed by atoms with Crippen LogP contribution < -0.4 is 31.9 Å². The lowest BCUT2D eigenvalue weighted by Crippen LogP contribution is -2.58. The maximum atomic E-state index is 14.3. The molecule has 107 heavy (non-hydrogen) atoms. The normalized spacial score (nSPS) is 14.5. The molecule has 1 aromatic carbocycles. The minimum atomic E-state index is -1.06. The fraction of sp³-hybridized carbons (Fsp3) is 0.716. The second-order valence-electron chi connectivity index (χ2n) is 27.0. The van der Waals surface area contributed by atoms with Gasteiger partial charge in [0.15, 0.2) is 0 Å². The molecule has 8 atom stereocenters. The van der Waals surface area contributed by atoms with Crippen LogP contribution in [0.5, 0.6) is 5.75 Å². The molecule has 0 bridgehead atoms. The highest BCUT2D eigenvalue weighted by atomic mass is 32.1. The number of nitrogens with one attached hydrogen (secondary N) is 6. The van der Waals surface area contributed by atoms with Crippen molar-refractivity contribution in [2.24, 2.45) is 23.7 Å². The van der Waals surface area contributed by atoms with Gasteiger partial charge in [-0.15, -0.1) is 11.3 Å². The average molecular weight is 1540 g/mol. The molecule has 3 rings (SSSR count). The molecule has 1 aliphatic rings. The van der Waals surface area contributed by atoms with Crippen LogP contribution in [-0.4, -0.2) is 280 Å². The quantitative estimate of drug-likeness (QED) is 0.0244. The second-order valence-corrected chi connectivity index (χ2v) is 27.9. The molecule has 0 saturated heterocycles. The number of aliphatic carboxylic acids is 1. The number of imide groups is 1. The van der Waals surface area contributed by atoms with E-state index in [9.17, 15) is 58.2 Å². The number of thiazole rings is 1. The van der Waals surface area contributed by atoms with Gasteiger partial charge in [0.05, 0.1) is 117 Å². The third kappa shape index (κ3) is 38.1. The largest absolute Gasteiger partial charge is 0.506 e. The number of ether oxygens (including phenoxy) is 10. The number of rotatable bonds is 61. The van der Waals surface area contributed by atoms with E-state index in [-0.39, 0.29) is 149 Å². The number of carboxylic acid groups (broad SMARTS) is 1. The van der Waals surface area contributed by atoms with E-state index in [4.69, 9.17) is 47.4 Å². The molecule has 33 heteroatoms. The van der Waals surface area contributed by atoms with Crippen LogP contribution in [0.3, 0.4) is 0 Å². The molecule has 8 N–H and O–H groups in total. The highest BCUT2D eigenvalue weighted by molar-refractivity contribution is 7.09. The molecule has 1 aliphatic heterocycles. The topological polar surface area (TPSA) is 398 Å². The van der Waals surface area contributed by atoms with E-state index in [0.717, 1.165) is 17.7 Å². The third-order valence-electron chi connectivity index (χ3n) is 17.5. The molecule has 0 saturated carbocycles. The van der Waals surface area contributed by atoms with E-state index in [2.05, 4.69) is 36.9 Å². The van der Waals surface area contributed by atoms with Crippen molar-refractivity contribution >= 4 is 76.3 Å². The van der Waals surface area contributed by atoms with E-state index in [1.165, 1.54) is 49.7 Å². The number of methoxy groups -OCH3 is 1. The number of phenolic OH excluding ortho intramolecular Hbond substituents is 1. The number of aromatic hydroxyl groups is 1. The lowest BCUT2D eigenvalue weighted by Gasteiger charge is -2.37. The molecular weight excluding hydrogens is 1410 g/mol. The first kappa shape index (κ1) is 93.9. The Labute approximate surface area is 634 Å². The molecule has 0 fully saturated rings. The summed E-state index contributed by atoms with van der Waals surface area (Å²) in [5.74, 6) is -5.05. The lowest BCUT2D eigenvalue weighted by molar-refractivity contribution is -0.142. The van der Waals surface area contributed by atoms with Crippen LogP contribution in [0, 0.1) is 23.7 Å². The van der Waals surface area contributed by atoms with Crippen molar-refractivity contribution in [2.45, 2.75) is 162 Å². The summed E-state index contributed by atoms with van der Waals surface area (Å²) in [6.45, 7) is 20.8. The third-order valence-corrected chi connectivity index (χ3v) is 18.4. The maximum Gasteiger partial charge on any atom is 0.411 e. The van der Waals surface area contributed by atoms with Crippen molar-refractivity contribution < 1.29 is 106 Å². The Morgan fingerprint density at radius 3 is 1.73 bits per heavy atom. The summed E-state index contributed by atoms with van der Waals surface area (Å²) >= 11 is 1.22. The monoisotopic (exact) mass is 1530 g/mol. The highest BCUT2D eigenvalue weighted by Crippen LogP contribution is 2.31. The van der Waals surface area contributed by atoms with Gasteiger partial charge in [0.25, 0.3) is 17.7 Å². The number of carbonyl (C=O) groups excluding carboxylic acids is 9. The Morgan fingerprint density at radius 1 is 0.645 bits per heavy atom. The summed E-state index contributed by atoms with van der Waals surface area (Å²) in [6, 6.07) is 1.48. The maximum absolute atomic E-state index is 14.3. The van der Waals surface area contributed by atoms with Crippen molar-refractivity contribution in [3.8, 4) is 5.75 Å². The summed E-state index contributed by atoms with van der Waals surface area (Å²) in [7, 11) is 6.95. The van der Waals surface area contributed by atoms with E-state index < -0.39 is 66.0 Å². The number of unbranched alkanes of at least 4 members (excludes halogenated alkanes) is 2. The Hall–Kier alpha value is -7.31. The molecule has 0 unspecified atom stereocenters. The number of nitrogens with zero attached hydrogens (tertiary/aromatic N) is 4. The zero-order valence-corrected chi connectivity index (χ0v) is 65.7. The highest BCUT2D eigenvalue weighted by Gasteiger charge is 2.37. The molecule has 0 spiro atoms. The SMILES string of the molecule is CCCCNC(=O)[C@H](CCCCNC(=O)COCCOCCOCCOCCOCCOCCOCCOCCOC(=O)Nc1cc(C[C@@H](C[C@H](C)C(=O)O)NC(=O)c2csc([C@@H](C[C@H](C(C)C)N(C)C(=O)[C@@H](NC(=O)[C@H](C(C)C)N(C)C)[C@@H](C)CC)OC)n2)ccc1O)NC(=O)CCCN1C(=O)C=CC1=O. The Bertz CT molecular complexity index is 2990. The predicted octanol–water partition coefficient (Wildman–Crippen LogP) is 5.05. The van der Waals surface area contributed by atoms with Crippen LogP contribution in [0.15, 0.2) is 35.7 Å².